The van der Waals surface area contributed by atoms with Crippen LogP contribution in [0, 0.1) is 0 Å². The number of hydrazine groups is 1. The number of alkyl carbamates (subject to hydrolysis) is 1. The molecule has 0 radical (unpaired) electrons. The van der Waals surface area contributed by atoms with Gasteiger partial charge in [0.1, 0.15) is 11.4 Å². The lowest BCUT2D eigenvalue weighted by molar-refractivity contribution is -0.139. The predicted molar refractivity (Wildman–Crippen MR) is 143 cm³/mol. The first-order chi connectivity index (χ1) is 18.5. The van der Waals surface area contributed by atoms with Crippen LogP contribution in [0.3, 0.4) is 0 Å². The molecule has 0 atom stereocenters. The number of aliphatic carboxylic acids is 1. The first-order valence-corrected chi connectivity index (χ1v) is 12.2. The summed E-state index contributed by atoms with van der Waals surface area (Å²) >= 11 is 0. The third-order valence-electron chi connectivity index (χ3n) is 5.18. The van der Waals surface area contributed by atoms with Gasteiger partial charge >= 0.3 is 12.1 Å². The number of hydrogen-bond acceptors (Lipinski definition) is 6. The zero-order valence-electron chi connectivity index (χ0n) is 22.0. The molecule has 0 spiro atoms. The molecular weight excluding hydrogens is 502 g/mol. The predicted octanol–water partition coefficient (Wildman–Crippen LogP) is 4.16. The van der Waals surface area contributed by atoms with E-state index in [2.05, 4.69) is 10.7 Å². The van der Waals surface area contributed by atoms with Crippen molar-refractivity contribution in [2.75, 3.05) is 6.61 Å². The number of carboxylic acid groups (broad SMARTS) is 1. The number of carbonyl (C=O) groups is 4. The van der Waals surface area contributed by atoms with Gasteiger partial charge in [-0.1, -0.05) is 42.5 Å². The molecule has 10 nitrogen and oxygen atoms in total. The van der Waals surface area contributed by atoms with Gasteiger partial charge in [-0.25, -0.2) is 14.6 Å². The summed E-state index contributed by atoms with van der Waals surface area (Å²) < 4.78 is 10.3. The van der Waals surface area contributed by atoms with Crippen molar-refractivity contribution < 1.29 is 33.8 Å². The van der Waals surface area contributed by atoms with E-state index < -0.39 is 36.1 Å². The van der Waals surface area contributed by atoms with E-state index in [1.807, 2.05) is 30.3 Å². The number of amides is 3. The summed E-state index contributed by atoms with van der Waals surface area (Å²) in [7, 11) is 0. The quantitative estimate of drug-likeness (QED) is 0.352. The van der Waals surface area contributed by atoms with Crippen LogP contribution in [0.4, 0.5) is 4.79 Å². The van der Waals surface area contributed by atoms with E-state index in [1.165, 1.54) is 29.3 Å². The normalized spacial score (nSPS) is 10.7. The molecule has 0 bridgehead atoms. The second-order valence-electron chi connectivity index (χ2n) is 9.58. The fraction of sp³-hybridized carbons (Fsp3) is 0.241. The Labute approximate surface area is 226 Å². The lowest BCUT2D eigenvalue weighted by Gasteiger charge is -2.24. The van der Waals surface area contributed by atoms with Crippen LogP contribution < -0.4 is 15.5 Å². The maximum atomic E-state index is 13.3. The molecule has 3 aromatic rings. The summed E-state index contributed by atoms with van der Waals surface area (Å²) in [5, 5.41) is 12.6. The van der Waals surface area contributed by atoms with E-state index >= 15 is 0 Å². The minimum absolute atomic E-state index is 0.112. The zero-order chi connectivity index (χ0) is 28.4. The minimum Gasteiger partial charge on any atom is -0.482 e. The summed E-state index contributed by atoms with van der Waals surface area (Å²) in [6.45, 7) is 5.16. The molecule has 0 aliphatic heterocycles. The van der Waals surface area contributed by atoms with E-state index in [1.54, 1.807) is 45.0 Å². The Balaban J connectivity index is 1.69. The van der Waals surface area contributed by atoms with Crippen LogP contribution in [-0.2, 0) is 22.6 Å². The van der Waals surface area contributed by atoms with Gasteiger partial charge in [-0.15, -0.1) is 0 Å². The minimum atomic E-state index is -1.11. The van der Waals surface area contributed by atoms with Gasteiger partial charge in [0.05, 0.1) is 6.54 Å². The van der Waals surface area contributed by atoms with Gasteiger partial charge in [-0.05, 0) is 68.3 Å². The van der Waals surface area contributed by atoms with E-state index in [9.17, 15) is 19.2 Å². The van der Waals surface area contributed by atoms with Crippen molar-refractivity contribution in [1.29, 1.82) is 0 Å². The number of hydrogen-bond donors (Lipinski definition) is 3. The second-order valence-corrected chi connectivity index (χ2v) is 9.58. The highest BCUT2D eigenvalue weighted by Crippen LogP contribution is 2.15. The molecule has 0 aliphatic rings. The Morgan fingerprint density at radius 2 is 1.44 bits per heavy atom. The third-order valence-corrected chi connectivity index (χ3v) is 5.18. The Morgan fingerprint density at radius 3 is 2.03 bits per heavy atom. The van der Waals surface area contributed by atoms with Crippen LogP contribution in [-0.4, -0.2) is 46.2 Å². The van der Waals surface area contributed by atoms with E-state index in [-0.39, 0.29) is 18.7 Å². The summed E-state index contributed by atoms with van der Waals surface area (Å²) in [5.41, 5.74) is 4.23. The molecule has 3 rings (SSSR count). The highest BCUT2D eigenvalue weighted by Gasteiger charge is 2.20. The third kappa shape index (κ3) is 9.51. The molecule has 0 aliphatic carbocycles. The summed E-state index contributed by atoms with van der Waals surface area (Å²) in [6, 6.07) is 21.8. The molecule has 3 amide bonds. The Kier molecular flexibility index (Phi) is 9.63. The Bertz CT molecular complexity index is 1290. The summed E-state index contributed by atoms with van der Waals surface area (Å²) in [5.74, 6) is -1.77. The average molecular weight is 534 g/mol. The fourth-order valence-corrected chi connectivity index (χ4v) is 3.37. The number of rotatable bonds is 9. The van der Waals surface area contributed by atoms with Crippen LogP contribution in [0.5, 0.6) is 5.75 Å². The molecule has 0 aromatic heterocycles. The Hall–Kier alpha value is -4.86. The van der Waals surface area contributed by atoms with Gasteiger partial charge in [0.25, 0.3) is 11.8 Å². The SMILES string of the molecule is CC(C)(C)OC(=O)NCc1ccc(C(=O)NN(Cc2ccccc2)C(=O)c2ccc(OCC(=O)O)cc2)cc1. The van der Waals surface area contributed by atoms with Crippen molar-refractivity contribution >= 4 is 23.9 Å². The first kappa shape index (κ1) is 28.7. The van der Waals surface area contributed by atoms with Crippen molar-refractivity contribution in [3.8, 4) is 5.75 Å². The van der Waals surface area contributed by atoms with Crippen molar-refractivity contribution in [3.05, 3.63) is 101 Å². The molecule has 0 heterocycles. The van der Waals surface area contributed by atoms with Crippen LogP contribution in [0.1, 0.15) is 52.6 Å². The summed E-state index contributed by atoms with van der Waals surface area (Å²) in [4.78, 5) is 48.9. The average Bonchev–Trinajstić information content (AvgIpc) is 2.90. The van der Waals surface area contributed by atoms with Crippen molar-refractivity contribution in [1.82, 2.24) is 15.8 Å². The maximum Gasteiger partial charge on any atom is 0.407 e. The topological polar surface area (TPSA) is 134 Å². The van der Waals surface area contributed by atoms with Gasteiger partial charge in [-0.3, -0.25) is 15.0 Å². The van der Waals surface area contributed by atoms with Gasteiger partial charge in [0.15, 0.2) is 6.61 Å². The molecule has 3 aromatic carbocycles. The highest BCUT2D eigenvalue weighted by atomic mass is 16.6. The number of nitrogens with one attached hydrogen (secondary N) is 2. The van der Waals surface area contributed by atoms with Crippen LogP contribution in [0.25, 0.3) is 0 Å². The Morgan fingerprint density at radius 1 is 0.821 bits per heavy atom. The van der Waals surface area contributed by atoms with Gasteiger partial charge in [0.2, 0.25) is 0 Å². The van der Waals surface area contributed by atoms with Crippen LogP contribution >= 0.6 is 0 Å². The molecule has 0 unspecified atom stereocenters. The molecule has 204 valence electrons. The molecular formula is C29H31N3O7. The fourth-order valence-electron chi connectivity index (χ4n) is 3.37. The number of carboxylic acids is 1. The molecule has 0 saturated heterocycles. The number of carbonyl (C=O) groups excluding carboxylic acids is 3. The molecule has 0 fully saturated rings. The van der Waals surface area contributed by atoms with E-state index in [0.29, 0.717) is 11.3 Å². The maximum absolute atomic E-state index is 13.3. The summed E-state index contributed by atoms with van der Waals surface area (Å²) in [6.07, 6.45) is -0.541. The largest absolute Gasteiger partial charge is 0.482 e. The van der Waals surface area contributed by atoms with Crippen molar-refractivity contribution in [2.45, 2.75) is 39.5 Å². The molecule has 0 saturated carbocycles. The monoisotopic (exact) mass is 533 g/mol. The van der Waals surface area contributed by atoms with E-state index in [4.69, 9.17) is 14.6 Å². The van der Waals surface area contributed by atoms with Crippen molar-refractivity contribution in [3.63, 3.8) is 0 Å². The van der Waals surface area contributed by atoms with Gasteiger partial charge in [0, 0.05) is 17.7 Å². The highest BCUT2D eigenvalue weighted by molar-refractivity contribution is 5.99. The zero-order valence-corrected chi connectivity index (χ0v) is 22.0. The van der Waals surface area contributed by atoms with Crippen LogP contribution in [0.15, 0.2) is 78.9 Å². The molecule has 3 N–H and O–H groups in total. The smallest absolute Gasteiger partial charge is 0.407 e. The lowest BCUT2D eigenvalue weighted by Crippen LogP contribution is -2.45. The van der Waals surface area contributed by atoms with Crippen LogP contribution in [0.2, 0.25) is 0 Å². The molecule has 10 heteroatoms. The number of ether oxygens (including phenoxy) is 2. The lowest BCUT2D eigenvalue weighted by atomic mass is 10.1. The standard InChI is InChI=1S/C29H31N3O7/c1-29(2,3)39-28(37)30-17-20-9-11-22(12-10-20)26(35)31-32(18-21-7-5-4-6-8-21)27(36)23-13-15-24(16-14-23)38-19-25(33)34/h4-16H,17-19H2,1-3H3,(H,30,37)(H,31,35)(H,33,34). The second kappa shape index (κ2) is 13.1. The van der Waals surface area contributed by atoms with Gasteiger partial charge in [-0.2, -0.15) is 0 Å². The van der Waals surface area contributed by atoms with E-state index in [0.717, 1.165) is 11.1 Å². The molecule has 39 heavy (non-hydrogen) atoms. The first-order valence-electron chi connectivity index (χ1n) is 12.2. The van der Waals surface area contributed by atoms with Gasteiger partial charge < -0.3 is 19.9 Å². The number of benzene rings is 3. The van der Waals surface area contributed by atoms with Crippen molar-refractivity contribution in [2.24, 2.45) is 0 Å². The number of nitrogens with zero attached hydrogens (tertiary/aromatic N) is 1.